The number of anilines is 1. The Hall–Kier alpha value is -2.44. The van der Waals surface area contributed by atoms with Gasteiger partial charge >= 0.3 is 0 Å². The number of hydrogen-bond acceptors (Lipinski definition) is 5. The van der Waals surface area contributed by atoms with Gasteiger partial charge in [-0.3, -0.25) is 14.3 Å². The third kappa shape index (κ3) is 3.59. The highest BCUT2D eigenvalue weighted by molar-refractivity contribution is 5.53. The van der Waals surface area contributed by atoms with Gasteiger partial charge in [-0.1, -0.05) is 12.1 Å². The first-order valence-corrected chi connectivity index (χ1v) is 11.1. The molecule has 0 spiro atoms. The molecule has 0 amide bonds. The maximum atomic E-state index is 4.95. The minimum absolute atomic E-state index is 0.371. The third-order valence-electron chi connectivity index (χ3n) is 6.90. The molecule has 30 heavy (non-hydrogen) atoms. The molecule has 6 heteroatoms. The molecular formula is C24H32N6. The first-order valence-electron chi connectivity index (χ1n) is 11.1. The standard InChI is InChI=1S/C24H32N6/c1-27-14-12-20(17-27)29(3)23-11-5-10-22-26-19(16-30(22)23)15-28(2)21-9-4-7-18-8-6-13-25-24(18)21/h5-6,8,10-11,13,16,20-21H,4,7,9,12,14-15,17H2,1-3H3. The van der Waals surface area contributed by atoms with Crippen LogP contribution >= 0.6 is 0 Å². The van der Waals surface area contributed by atoms with Crippen LogP contribution in [0.4, 0.5) is 5.82 Å². The number of aromatic nitrogens is 3. The molecule has 1 saturated heterocycles. The van der Waals surface area contributed by atoms with Crippen LogP contribution in [0, 0.1) is 0 Å². The number of pyridine rings is 2. The minimum Gasteiger partial charge on any atom is -0.356 e. The van der Waals surface area contributed by atoms with E-state index < -0.39 is 0 Å². The molecule has 1 aliphatic heterocycles. The molecule has 0 aromatic carbocycles. The normalized spacial score (nSPS) is 22.0. The van der Waals surface area contributed by atoms with E-state index in [0.29, 0.717) is 12.1 Å². The molecule has 158 valence electrons. The lowest BCUT2D eigenvalue weighted by atomic mass is 9.91. The van der Waals surface area contributed by atoms with Crippen molar-refractivity contribution in [3.63, 3.8) is 0 Å². The molecule has 1 aliphatic carbocycles. The Morgan fingerprint density at radius 2 is 2.03 bits per heavy atom. The maximum Gasteiger partial charge on any atom is 0.138 e. The maximum absolute atomic E-state index is 4.95. The topological polar surface area (TPSA) is 39.9 Å². The average molecular weight is 405 g/mol. The van der Waals surface area contributed by atoms with Gasteiger partial charge in [0.15, 0.2) is 0 Å². The molecule has 4 heterocycles. The van der Waals surface area contributed by atoms with Gasteiger partial charge in [-0.05, 0) is 70.1 Å². The number of likely N-dealkylation sites (N-methyl/N-ethyl adjacent to an activating group) is 2. The Balaban J connectivity index is 1.38. The fourth-order valence-corrected chi connectivity index (χ4v) is 5.20. The molecule has 2 unspecified atom stereocenters. The van der Waals surface area contributed by atoms with Crippen LogP contribution in [0.15, 0.2) is 42.7 Å². The van der Waals surface area contributed by atoms with E-state index >= 15 is 0 Å². The zero-order chi connectivity index (χ0) is 20.7. The van der Waals surface area contributed by atoms with E-state index in [-0.39, 0.29) is 0 Å². The first-order chi connectivity index (χ1) is 14.6. The molecular weight excluding hydrogens is 372 g/mol. The second-order valence-electron chi connectivity index (χ2n) is 9.03. The molecule has 3 aromatic heterocycles. The predicted molar refractivity (Wildman–Crippen MR) is 121 cm³/mol. The number of nitrogens with zero attached hydrogens (tertiary/aromatic N) is 6. The number of likely N-dealkylation sites (tertiary alicyclic amines) is 1. The van der Waals surface area contributed by atoms with Crippen LogP contribution in [-0.4, -0.2) is 64.4 Å². The summed E-state index contributed by atoms with van der Waals surface area (Å²) in [7, 11) is 6.63. The second kappa shape index (κ2) is 8.00. The van der Waals surface area contributed by atoms with E-state index in [4.69, 9.17) is 9.97 Å². The SMILES string of the molecule is CN1CCC(N(C)c2cccc3nc(CN(C)C4CCCc5cccnc54)cn23)C1. The number of hydrogen-bond donors (Lipinski definition) is 0. The van der Waals surface area contributed by atoms with Gasteiger partial charge in [0.25, 0.3) is 0 Å². The molecule has 0 saturated carbocycles. The predicted octanol–water partition coefficient (Wildman–Crippen LogP) is 3.38. The summed E-state index contributed by atoms with van der Waals surface area (Å²) < 4.78 is 2.26. The molecule has 3 aromatic rings. The van der Waals surface area contributed by atoms with E-state index in [1.54, 1.807) is 0 Å². The lowest BCUT2D eigenvalue weighted by Gasteiger charge is -2.31. The summed E-state index contributed by atoms with van der Waals surface area (Å²) in [6.45, 7) is 3.12. The highest BCUT2D eigenvalue weighted by Crippen LogP contribution is 2.32. The number of fused-ring (bicyclic) bond motifs is 2. The van der Waals surface area contributed by atoms with Gasteiger partial charge in [-0.2, -0.15) is 0 Å². The van der Waals surface area contributed by atoms with Gasteiger partial charge in [0.1, 0.15) is 11.5 Å². The Morgan fingerprint density at radius 1 is 1.13 bits per heavy atom. The molecule has 0 bridgehead atoms. The van der Waals surface area contributed by atoms with Gasteiger partial charge in [0, 0.05) is 38.6 Å². The average Bonchev–Trinajstić information content (AvgIpc) is 3.38. The molecule has 0 N–H and O–H groups in total. The smallest absolute Gasteiger partial charge is 0.138 e. The van der Waals surface area contributed by atoms with Crippen molar-refractivity contribution >= 4 is 11.5 Å². The third-order valence-corrected chi connectivity index (χ3v) is 6.90. The summed E-state index contributed by atoms with van der Waals surface area (Å²) in [5, 5.41) is 0. The Labute approximate surface area is 179 Å². The van der Waals surface area contributed by atoms with Crippen LogP contribution in [0.2, 0.25) is 0 Å². The fourth-order valence-electron chi connectivity index (χ4n) is 5.20. The van der Waals surface area contributed by atoms with Crippen molar-refractivity contribution in [2.45, 2.75) is 44.3 Å². The van der Waals surface area contributed by atoms with Gasteiger partial charge < -0.3 is 9.80 Å². The highest BCUT2D eigenvalue weighted by Gasteiger charge is 2.27. The van der Waals surface area contributed by atoms with Crippen molar-refractivity contribution in [2.75, 3.05) is 39.1 Å². The molecule has 2 atom stereocenters. The quantitative estimate of drug-likeness (QED) is 0.652. The van der Waals surface area contributed by atoms with Crippen molar-refractivity contribution in [3.05, 3.63) is 59.7 Å². The zero-order valence-electron chi connectivity index (χ0n) is 18.3. The largest absolute Gasteiger partial charge is 0.356 e. The van der Waals surface area contributed by atoms with E-state index in [9.17, 15) is 0 Å². The Kier molecular flexibility index (Phi) is 5.21. The molecule has 1 fully saturated rings. The van der Waals surface area contributed by atoms with Crippen LogP contribution < -0.4 is 4.90 Å². The molecule has 0 radical (unpaired) electrons. The van der Waals surface area contributed by atoms with Crippen LogP contribution in [0.3, 0.4) is 0 Å². The minimum atomic E-state index is 0.371. The highest BCUT2D eigenvalue weighted by atomic mass is 15.3. The monoisotopic (exact) mass is 404 g/mol. The first kappa shape index (κ1) is 19.5. The lowest BCUT2D eigenvalue weighted by Crippen LogP contribution is -2.34. The van der Waals surface area contributed by atoms with Crippen molar-refractivity contribution < 1.29 is 0 Å². The molecule has 5 rings (SSSR count). The van der Waals surface area contributed by atoms with Gasteiger partial charge in [0.2, 0.25) is 0 Å². The van der Waals surface area contributed by atoms with Crippen LogP contribution in [0.25, 0.3) is 5.65 Å². The summed E-state index contributed by atoms with van der Waals surface area (Å²) in [4.78, 5) is 16.9. The summed E-state index contributed by atoms with van der Waals surface area (Å²) >= 11 is 0. The van der Waals surface area contributed by atoms with Crippen LogP contribution in [0.1, 0.15) is 42.3 Å². The Morgan fingerprint density at radius 3 is 2.87 bits per heavy atom. The number of imidazole rings is 1. The van der Waals surface area contributed by atoms with Crippen molar-refractivity contribution in [1.29, 1.82) is 0 Å². The van der Waals surface area contributed by atoms with Gasteiger partial charge in [0.05, 0.1) is 17.4 Å². The van der Waals surface area contributed by atoms with Crippen LogP contribution in [0.5, 0.6) is 0 Å². The summed E-state index contributed by atoms with van der Waals surface area (Å²) in [6, 6.07) is 11.7. The van der Waals surface area contributed by atoms with Gasteiger partial charge in [-0.15, -0.1) is 0 Å². The van der Waals surface area contributed by atoms with Crippen molar-refractivity contribution in [1.82, 2.24) is 24.2 Å². The molecule has 2 aliphatic rings. The number of aryl methyl sites for hydroxylation is 1. The van der Waals surface area contributed by atoms with E-state index in [1.165, 1.54) is 36.5 Å². The van der Waals surface area contributed by atoms with E-state index in [0.717, 1.165) is 37.3 Å². The molecule has 6 nitrogen and oxygen atoms in total. The van der Waals surface area contributed by atoms with E-state index in [2.05, 4.69) is 76.8 Å². The Bertz CT molecular complexity index is 1030. The summed E-state index contributed by atoms with van der Waals surface area (Å²) in [5.41, 5.74) is 4.79. The van der Waals surface area contributed by atoms with Crippen molar-refractivity contribution in [2.24, 2.45) is 0 Å². The van der Waals surface area contributed by atoms with Gasteiger partial charge in [-0.25, -0.2) is 4.98 Å². The zero-order valence-corrected chi connectivity index (χ0v) is 18.3. The van der Waals surface area contributed by atoms with Crippen molar-refractivity contribution in [3.8, 4) is 0 Å². The summed E-state index contributed by atoms with van der Waals surface area (Å²) in [6.07, 6.45) is 8.90. The van der Waals surface area contributed by atoms with E-state index in [1.807, 2.05) is 6.20 Å². The second-order valence-corrected chi connectivity index (χ2v) is 9.03. The lowest BCUT2D eigenvalue weighted by molar-refractivity contribution is 0.206. The number of rotatable bonds is 5. The van der Waals surface area contributed by atoms with Crippen LogP contribution in [-0.2, 0) is 13.0 Å². The summed E-state index contributed by atoms with van der Waals surface area (Å²) in [5.74, 6) is 1.22. The fraction of sp³-hybridized carbons (Fsp3) is 0.500.